The van der Waals surface area contributed by atoms with E-state index >= 15 is 0 Å². The van der Waals surface area contributed by atoms with E-state index in [2.05, 4.69) is 41.8 Å². The molecule has 0 aliphatic heterocycles. The van der Waals surface area contributed by atoms with Gasteiger partial charge < -0.3 is 5.32 Å². The van der Waals surface area contributed by atoms with E-state index < -0.39 is 0 Å². The molecule has 1 aromatic rings. The SMILES string of the molecule is CCCNC(c1ccc(F)cc1I)C1CCCCC1CC. The van der Waals surface area contributed by atoms with Gasteiger partial charge in [-0.3, -0.25) is 0 Å². The summed E-state index contributed by atoms with van der Waals surface area (Å²) >= 11 is 2.29. The molecule has 1 aliphatic rings. The summed E-state index contributed by atoms with van der Waals surface area (Å²) in [7, 11) is 0. The van der Waals surface area contributed by atoms with E-state index in [-0.39, 0.29) is 5.82 Å². The summed E-state index contributed by atoms with van der Waals surface area (Å²) < 4.78 is 14.5. The molecule has 1 aliphatic carbocycles. The van der Waals surface area contributed by atoms with Gasteiger partial charge in [0.1, 0.15) is 5.82 Å². The normalized spacial score (nSPS) is 24.0. The van der Waals surface area contributed by atoms with Crippen LogP contribution in [0.5, 0.6) is 0 Å². The number of halogens is 2. The van der Waals surface area contributed by atoms with Crippen molar-refractivity contribution in [1.29, 1.82) is 0 Å². The van der Waals surface area contributed by atoms with Gasteiger partial charge >= 0.3 is 0 Å². The fraction of sp³-hybridized carbons (Fsp3) is 0.667. The molecule has 3 heteroatoms. The summed E-state index contributed by atoms with van der Waals surface area (Å²) in [5, 5.41) is 3.75. The van der Waals surface area contributed by atoms with Crippen molar-refractivity contribution in [2.45, 2.75) is 58.4 Å². The Labute approximate surface area is 142 Å². The Hall–Kier alpha value is -0.160. The van der Waals surface area contributed by atoms with Crippen LogP contribution < -0.4 is 5.32 Å². The zero-order valence-corrected chi connectivity index (χ0v) is 15.3. The molecule has 0 bridgehead atoms. The Morgan fingerprint density at radius 2 is 2.05 bits per heavy atom. The number of hydrogen-bond acceptors (Lipinski definition) is 1. The van der Waals surface area contributed by atoms with Gasteiger partial charge in [-0.25, -0.2) is 4.39 Å². The molecule has 1 saturated carbocycles. The minimum Gasteiger partial charge on any atom is -0.310 e. The average Bonchev–Trinajstić information content (AvgIpc) is 2.49. The smallest absolute Gasteiger partial charge is 0.124 e. The highest BCUT2D eigenvalue weighted by Gasteiger charge is 2.32. The Balaban J connectivity index is 2.27. The second-order valence-corrected chi connectivity index (χ2v) is 7.38. The molecule has 0 aromatic heterocycles. The third-order valence-corrected chi connectivity index (χ3v) is 5.77. The van der Waals surface area contributed by atoms with Gasteiger partial charge in [0, 0.05) is 9.61 Å². The molecule has 1 N–H and O–H groups in total. The van der Waals surface area contributed by atoms with Crippen LogP contribution in [0.2, 0.25) is 0 Å². The molecule has 1 fully saturated rings. The zero-order chi connectivity index (χ0) is 15.2. The number of rotatable bonds is 6. The van der Waals surface area contributed by atoms with E-state index in [4.69, 9.17) is 0 Å². The summed E-state index contributed by atoms with van der Waals surface area (Å²) in [6.45, 7) is 5.55. The van der Waals surface area contributed by atoms with Crippen LogP contribution in [0.1, 0.15) is 64.0 Å². The zero-order valence-electron chi connectivity index (χ0n) is 13.2. The molecule has 0 radical (unpaired) electrons. The topological polar surface area (TPSA) is 12.0 Å². The second-order valence-electron chi connectivity index (χ2n) is 6.21. The van der Waals surface area contributed by atoms with Crippen LogP contribution in [0.25, 0.3) is 0 Å². The largest absolute Gasteiger partial charge is 0.310 e. The van der Waals surface area contributed by atoms with Gasteiger partial charge in [-0.2, -0.15) is 0 Å². The highest BCUT2D eigenvalue weighted by atomic mass is 127. The molecule has 0 amide bonds. The minimum atomic E-state index is -0.131. The summed E-state index contributed by atoms with van der Waals surface area (Å²) in [5.74, 6) is 1.36. The van der Waals surface area contributed by atoms with Crippen molar-refractivity contribution in [3.63, 3.8) is 0 Å². The van der Waals surface area contributed by atoms with Crippen molar-refractivity contribution < 1.29 is 4.39 Å². The lowest BCUT2D eigenvalue weighted by Gasteiger charge is -2.38. The fourth-order valence-electron chi connectivity index (χ4n) is 3.73. The van der Waals surface area contributed by atoms with Gasteiger partial charge in [0.15, 0.2) is 0 Å². The molecular formula is C18H27FIN. The van der Waals surface area contributed by atoms with Crippen LogP contribution in [0.15, 0.2) is 18.2 Å². The van der Waals surface area contributed by atoms with E-state index in [1.54, 1.807) is 12.1 Å². The molecule has 118 valence electrons. The maximum absolute atomic E-state index is 13.4. The van der Waals surface area contributed by atoms with Crippen LogP contribution in [0.3, 0.4) is 0 Å². The first kappa shape index (κ1) is 17.2. The summed E-state index contributed by atoms with van der Waals surface area (Å²) in [5.41, 5.74) is 1.29. The van der Waals surface area contributed by atoms with Gasteiger partial charge in [-0.1, -0.05) is 45.6 Å². The molecule has 1 nitrogen and oxygen atoms in total. The van der Waals surface area contributed by atoms with Crippen molar-refractivity contribution in [2.24, 2.45) is 11.8 Å². The minimum absolute atomic E-state index is 0.131. The van der Waals surface area contributed by atoms with Gasteiger partial charge in [0.25, 0.3) is 0 Å². The highest BCUT2D eigenvalue weighted by molar-refractivity contribution is 14.1. The number of nitrogens with one attached hydrogen (secondary N) is 1. The van der Waals surface area contributed by atoms with E-state index in [0.29, 0.717) is 12.0 Å². The Morgan fingerprint density at radius 1 is 1.29 bits per heavy atom. The van der Waals surface area contributed by atoms with Crippen molar-refractivity contribution >= 4 is 22.6 Å². The van der Waals surface area contributed by atoms with Crippen molar-refractivity contribution in [3.8, 4) is 0 Å². The summed E-state index contributed by atoms with van der Waals surface area (Å²) in [6.07, 6.45) is 7.75. The third-order valence-electron chi connectivity index (χ3n) is 4.83. The quantitative estimate of drug-likeness (QED) is 0.602. The molecule has 3 atom stereocenters. The van der Waals surface area contributed by atoms with Gasteiger partial charge in [-0.15, -0.1) is 0 Å². The highest BCUT2D eigenvalue weighted by Crippen LogP contribution is 2.41. The molecular weight excluding hydrogens is 376 g/mol. The fourth-order valence-corrected chi connectivity index (χ4v) is 4.54. The van der Waals surface area contributed by atoms with Gasteiger partial charge in [0.05, 0.1) is 0 Å². The first-order chi connectivity index (χ1) is 10.2. The van der Waals surface area contributed by atoms with Crippen molar-refractivity contribution in [2.75, 3.05) is 6.54 Å². The second kappa shape index (κ2) is 8.47. The van der Waals surface area contributed by atoms with Gasteiger partial charge in [0.2, 0.25) is 0 Å². The number of benzene rings is 1. The standard InChI is InChI=1S/C18H27FIN/c1-3-11-21-18(15-8-6-5-7-13(15)4-2)16-10-9-14(19)12-17(16)20/h9-10,12-13,15,18,21H,3-8,11H2,1-2H3. The first-order valence-corrected chi connectivity index (χ1v) is 9.43. The average molecular weight is 403 g/mol. The van der Waals surface area contributed by atoms with E-state index in [1.807, 2.05) is 6.07 Å². The van der Waals surface area contributed by atoms with Crippen LogP contribution in [-0.4, -0.2) is 6.54 Å². The molecule has 21 heavy (non-hydrogen) atoms. The van der Waals surface area contributed by atoms with E-state index in [1.165, 1.54) is 37.7 Å². The lowest BCUT2D eigenvalue weighted by Crippen LogP contribution is -2.35. The number of hydrogen-bond donors (Lipinski definition) is 1. The molecule has 0 heterocycles. The van der Waals surface area contributed by atoms with Crippen molar-refractivity contribution in [3.05, 3.63) is 33.1 Å². The van der Waals surface area contributed by atoms with Gasteiger partial charge in [-0.05, 0) is 71.5 Å². The maximum Gasteiger partial charge on any atom is 0.124 e. The van der Waals surface area contributed by atoms with Crippen LogP contribution >= 0.6 is 22.6 Å². The van der Waals surface area contributed by atoms with E-state index in [0.717, 1.165) is 22.5 Å². The Bertz CT molecular complexity index is 449. The van der Waals surface area contributed by atoms with Crippen LogP contribution in [-0.2, 0) is 0 Å². The van der Waals surface area contributed by atoms with E-state index in [9.17, 15) is 4.39 Å². The maximum atomic E-state index is 13.4. The predicted molar refractivity (Wildman–Crippen MR) is 95.9 cm³/mol. The third kappa shape index (κ3) is 4.41. The lowest BCUT2D eigenvalue weighted by molar-refractivity contribution is 0.175. The summed E-state index contributed by atoms with van der Waals surface area (Å²) in [4.78, 5) is 0. The molecule has 3 unspecified atom stereocenters. The monoisotopic (exact) mass is 403 g/mol. The first-order valence-electron chi connectivity index (χ1n) is 8.35. The predicted octanol–water partition coefficient (Wildman–Crippen LogP) is 5.69. The summed E-state index contributed by atoms with van der Waals surface area (Å²) in [6, 6.07) is 5.65. The Morgan fingerprint density at radius 3 is 2.71 bits per heavy atom. The van der Waals surface area contributed by atoms with Crippen molar-refractivity contribution in [1.82, 2.24) is 5.32 Å². The Kier molecular flexibility index (Phi) is 6.93. The van der Waals surface area contributed by atoms with Crippen LogP contribution in [0, 0.1) is 21.2 Å². The molecule has 2 rings (SSSR count). The lowest BCUT2D eigenvalue weighted by atomic mass is 9.72. The molecule has 0 saturated heterocycles. The van der Waals surface area contributed by atoms with Crippen LogP contribution in [0.4, 0.5) is 4.39 Å². The molecule has 0 spiro atoms. The molecule has 1 aromatic carbocycles.